The van der Waals surface area contributed by atoms with E-state index in [1.54, 1.807) is 0 Å². The van der Waals surface area contributed by atoms with E-state index in [0.717, 1.165) is 11.5 Å². The van der Waals surface area contributed by atoms with Gasteiger partial charge in [0.1, 0.15) is 6.04 Å². The summed E-state index contributed by atoms with van der Waals surface area (Å²) in [5.74, 6) is -0.415. The lowest BCUT2D eigenvalue weighted by molar-refractivity contribution is -0.139. The lowest BCUT2D eigenvalue weighted by Gasteiger charge is -2.13. The molecule has 1 rings (SSSR count). The van der Waals surface area contributed by atoms with Crippen molar-refractivity contribution in [3.63, 3.8) is 0 Å². The Labute approximate surface area is 105 Å². The number of anilines is 1. The van der Waals surface area contributed by atoms with Crippen LogP contribution in [-0.2, 0) is 4.79 Å². The van der Waals surface area contributed by atoms with Crippen LogP contribution in [0.5, 0.6) is 0 Å². The van der Waals surface area contributed by atoms with Crippen LogP contribution < -0.4 is 10.6 Å². The number of hydrogen-bond acceptors (Lipinski definition) is 7. The second-order valence-corrected chi connectivity index (χ2v) is 4.66. The summed E-state index contributed by atoms with van der Waals surface area (Å²) in [6.45, 7) is 0. The zero-order valence-corrected chi connectivity index (χ0v) is 10.5. The summed E-state index contributed by atoms with van der Waals surface area (Å²) in [5.41, 5.74) is 0. The standard InChI is InChI=1S/C7H11N5O3S2/c1-16-3-2-4(5(13)14)8-6(15)9-7-10-11-12-17-7/h4H,2-3H2,1H3,(H,13,14)(H2,8,9,10,12,15)/t4-/m1/s1. The fraction of sp³-hybridized carbons (Fsp3) is 0.571. The number of carboxylic acid groups (broad SMARTS) is 1. The van der Waals surface area contributed by atoms with Crippen LogP contribution in [-0.4, -0.2) is 50.0 Å². The number of nitrogens with one attached hydrogen (secondary N) is 2. The quantitative estimate of drug-likeness (QED) is 0.682. The Bertz CT molecular complexity index is 372. The number of thioether (sulfide) groups is 1. The first-order valence-corrected chi connectivity index (χ1v) is 6.74. The van der Waals surface area contributed by atoms with Crippen LogP contribution in [0.2, 0.25) is 0 Å². The summed E-state index contributed by atoms with van der Waals surface area (Å²) in [7, 11) is 0. The fourth-order valence-corrected chi connectivity index (χ4v) is 1.80. The smallest absolute Gasteiger partial charge is 0.326 e. The van der Waals surface area contributed by atoms with E-state index in [4.69, 9.17) is 5.11 Å². The van der Waals surface area contributed by atoms with Gasteiger partial charge in [0.25, 0.3) is 0 Å². The average molecular weight is 277 g/mol. The zero-order valence-electron chi connectivity index (χ0n) is 8.91. The Hall–Kier alpha value is -1.42. The van der Waals surface area contributed by atoms with Crippen molar-refractivity contribution in [2.75, 3.05) is 17.3 Å². The van der Waals surface area contributed by atoms with Gasteiger partial charge in [-0.05, 0) is 23.6 Å². The first-order valence-electron chi connectivity index (χ1n) is 4.57. The van der Waals surface area contributed by atoms with Gasteiger partial charge in [-0.25, -0.2) is 9.59 Å². The topological polar surface area (TPSA) is 117 Å². The van der Waals surface area contributed by atoms with Crippen molar-refractivity contribution >= 4 is 40.4 Å². The first kappa shape index (κ1) is 13.6. The Morgan fingerprint density at radius 2 is 2.35 bits per heavy atom. The molecule has 0 aliphatic heterocycles. The summed E-state index contributed by atoms with van der Waals surface area (Å²) in [6.07, 6.45) is 2.23. The molecule has 0 radical (unpaired) electrons. The van der Waals surface area contributed by atoms with Crippen LogP contribution in [0, 0.1) is 0 Å². The Morgan fingerprint density at radius 1 is 1.59 bits per heavy atom. The molecule has 1 aromatic heterocycles. The van der Waals surface area contributed by atoms with Crippen molar-refractivity contribution < 1.29 is 14.7 Å². The summed E-state index contributed by atoms with van der Waals surface area (Å²) in [6, 6.07) is -1.54. The molecule has 0 fully saturated rings. The van der Waals surface area contributed by atoms with Crippen molar-refractivity contribution in [1.82, 2.24) is 20.1 Å². The fourth-order valence-electron chi connectivity index (χ4n) is 0.966. The maximum Gasteiger partial charge on any atom is 0.326 e. The summed E-state index contributed by atoms with van der Waals surface area (Å²) in [4.78, 5) is 22.3. The van der Waals surface area contributed by atoms with E-state index in [9.17, 15) is 9.59 Å². The summed E-state index contributed by atoms with van der Waals surface area (Å²) in [5, 5.41) is 20.6. The Kier molecular flexibility index (Phi) is 5.63. The molecular formula is C7H11N5O3S2. The maximum absolute atomic E-state index is 11.4. The largest absolute Gasteiger partial charge is 0.480 e. The molecule has 2 amide bonds. The maximum atomic E-state index is 11.4. The number of rotatable bonds is 6. The first-order chi connectivity index (χ1) is 8.13. The van der Waals surface area contributed by atoms with E-state index in [1.165, 1.54) is 11.8 Å². The number of carbonyl (C=O) groups is 2. The molecule has 8 nitrogen and oxygen atoms in total. The lowest BCUT2D eigenvalue weighted by atomic mass is 10.2. The van der Waals surface area contributed by atoms with Gasteiger partial charge in [0.15, 0.2) is 0 Å². The Morgan fingerprint density at radius 3 is 2.88 bits per heavy atom. The molecule has 0 bridgehead atoms. The van der Waals surface area contributed by atoms with Gasteiger partial charge in [0, 0.05) is 11.5 Å². The van der Waals surface area contributed by atoms with Crippen LogP contribution in [0.4, 0.5) is 9.93 Å². The highest BCUT2D eigenvalue weighted by Gasteiger charge is 2.19. The zero-order chi connectivity index (χ0) is 12.7. The SMILES string of the molecule is CSCC[C@@H](NC(=O)Nc1nnns1)C(=O)O. The molecule has 1 aromatic rings. The van der Waals surface area contributed by atoms with Gasteiger partial charge < -0.3 is 10.4 Å². The minimum absolute atomic E-state index is 0.219. The highest BCUT2D eigenvalue weighted by atomic mass is 32.2. The van der Waals surface area contributed by atoms with Gasteiger partial charge >= 0.3 is 12.0 Å². The lowest BCUT2D eigenvalue weighted by Crippen LogP contribution is -2.43. The van der Waals surface area contributed by atoms with Crippen molar-refractivity contribution in [2.45, 2.75) is 12.5 Å². The molecule has 0 aliphatic carbocycles. The number of urea groups is 1. The van der Waals surface area contributed by atoms with Crippen molar-refractivity contribution in [2.24, 2.45) is 0 Å². The molecule has 0 saturated carbocycles. The van der Waals surface area contributed by atoms with Crippen molar-refractivity contribution in [3.8, 4) is 0 Å². The number of carbonyl (C=O) groups excluding carboxylic acids is 1. The molecule has 0 unspecified atom stereocenters. The highest BCUT2D eigenvalue weighted by molar-refractivity contribution is 7.98. The number of hydrogen-bond donors (Lipinski definition) is 3. The van der Waals surface area contributed by atoms with E-state index >= 15 is 0 Å². The molecule has 1 heterocycles. The third kappa shape index (κ3) is 4.95. The van der Waals surface area contributed by atoms with Crippen LogP contribution in [0.1, 0.15) is 6.42 Å². The number of amides is 2. The average Bonchev–Trinajstić information content (AvgIpc) is 2.76. The minimum atomic E-state index is -1.07. The molecule has 0 aromatic carbocycles. The predicted octanol–water partition coefficient (Wildman–Crippen LogP) is 0.261. The Balaban J connectivity index is 2.43. The number of nitrogens with zero attached hydrogens (tertiary/aromatic N) is 3. The molecule has 0 aliphatic rings. The molecule has 17 heavy (non-hydrogen) atoms. The third-order valence-corrected chi connectivity index (χ3v) is 2.89. The summed E-state index contributed by atoms with van der Waals surface area (Å²) >= 11 is 2.42. The van der Waals surface area contributed by atoms with Crippen LogP contribution in [0.15, 0.2) is 0 Å². The molecular weight excluding hydrogens is 266 g/mol. The third-order valence-electron chi connectivity index (χ3n) is 1.73. The van der Waals surface area contributed by atoms with Crippen molar-refractivity contribution in [3.05, 3.63) is 0 Å². The van der Waals surface area contributed by atoms with Gasteiger partial charge in [0.2, 0.25) is 5.13 Å². The molecule has 3 N–H and O–H groups in total. The second kappa shape index (κ2) is 7.01. The molecule has 1 atom stereocenters. The van der Waals surface area contributed by atoms with E-state index in [1.807, 2.05) is 6.26 Å². The van der Waals surface area contributed by atoms with E-state index in [2.05, 4.69) is 25.4 Å². The molecule has 0 spiro atoms. The predicted molar refractivity (Wildman–Crippen MR) is 64.3 cm³/mol. The normalized spacial score (nSPS) is 11.8. The number of aliphatic carboxylic acids is 1. The van der Waals surface area contributed by atoms with Gasteiger partial charge in [0.05, 0.1) is 0 Å². The van der Waals surface area contributed by atoms with Crippen LogP contribution in [0.25, 0.3) is 0 Å². The van der Waals surface area contributed by atoms with Gasteiger partial charge in [-0.3, -0.25) is 5.32 Å². The van der Waals surface area contributed by atoms with Gasteiger partial charge in [-0.15, -0.1) is 0 Å². The van der Waals surface area contributed by atoms with Crippen LogP contribution in [0.3, 0.4) is 0 Å². The monoisotopic (exact) mass is 277 g/mol. The van der Waals surface area contributed by atoms with E-state index in [0.29, 0.717) is 12.2 Å². The van der Waals surface area contributed by atoms with E-state index in [-0.39, 0.29) is 5.13 Å². The number of aromatic nitrogens is 3. The second-order valence-electron chi connectivity index (χ2n) is 2.94. The molecule has 10 heteroatoms. The van der Waals surface area contributed by atoms with E-state index < -0.39 is 18.0 Å². The van der Waals surface area contributed by atoms with Crippen LogP contribution >= 0.6 is 23.3 Å². The molecule has 94 valence electrons. The molecule has 0 saturated heterocycles. The highest BCUT2D eigenvalue weighted by Crippen LogP contribution is 2.05. The van der Waals surface area contributed by atoms with Crippen molar-refractivity contribution in [1.29, 1.82) is 0 Å². The van der Waals surface area contributed by atoms with Gasteiger partial charge in [-0.1, -0.05) is 9.59 Å². The number of carboxylic acids is 1. The summed E-state index contributed by atoms with van der Waals surface area (Å²) < 4.78 is 3.46. The van der Waals surface area contributed by atoms with Gasteiger partial charge in [-0.2, -0.15) is 11.8 Å². The minimum Gasteiger partial charge on any atom is -0.480 e.